The molecule has 0 amide bonds. The molecular formula is C18H24OS2. The Morgan fingerprint density at radius 1 is 1.14 bits per heavy atom. The van der Waals surface area contributed by atoms with Gasteiger partial charge in [-0.25, -0.2) is 0 Å². The standard InChI is InChI=1S/C18H24OS2/c1-18(2,3)16-12-20-17(21-13-16)15-9-7-14(8-10-15)6-4-5-11-19/h7-10,16-17,19H,5,11-13H2,1-3H3. The van der Waals surface area contributed by atoms with Crippen LogP contribution in [0, 0.1) is 23.2 Å². The van der Waals surface area contributed by atoms with Crippen molar-refractivity contribution in [1.29, 1.82) is 0 Å². The summed E-state index contributed by atoms with van der Waals surface area (Å²) in [6.07, 6.45) is 0.546. The van der Waals surface area contributed by atoms with Crippen LogP contribution in [-0.4, -0.2) is 23.2 Å². The van der Waals surface area contributed by atoms with E-state index in [9.17, 15) is 0 Å². The number of rotatable bonds is 2. The van der Waals surface area contributed by atoms with E-state index in [1.54, 1.807) is 0 Å². The van der Waals surface area contributed by atoms with Crippen LogP contribution in [-0.2, 0) is 0 Å². The van der Waals surface area contributed by atoms with Crippen LogP contribution in [0.25, 0.3) is 0 Å². The van der Waals surface area contributed by atoms with Gasteiger partial charge in [0.1, 0.15) is 0 Å². The molecule has 1 fully saturated rings. The van der Waals surface area contributed by atoms with Crippen molar-refractivity contribution < 1.29 is 5.11 Å². The van der Waals surface area contributed by atoms with E-state index < -0.39 is 0 Å². The van der Waals surface area contributed by atoms with E-state index in [0.717, 1.165) is 11.5 Å². The van der Waals surface area contributed by atoms with Gasteiger partial charge >= 0.3 is 0 Å². The Bertz CT molecular complexity index is 497. The summed E-state index contributed by atoms with van der Waals surface area (Å²) in [5, 5.41) is 8.73. The van der Waals surface area contributed by atoms with Gasteiger partial charge in [-0.15, -0.1) is 23.5 Å². The Hall–Kier alpha value is -0.560. The van der Waals surface area contributed by atoms with Crippen LogP contribution in [0.4, 0.5) is 0 Å². The Kier molecular flexibility index (Phi) is 6.10. The quantitative estimate of drug-likeness (QED) is 0.807. The van der Waals surface area contributed by atoms with E-state index >= 15 is 0 Å². The Balaban J connectivity index is 1.94. The van der Waals surface area contributed by atoms with Gasteiger partial charge in [-0.05, 0) is 40.5 Å². The molecule has 114 valence electrons. The molecule has 0 atom stereocenters. The molecule has 3 heteroatoms. The molecule has 0 bridgehead atoms. The van der Waals surface area contributed by atoms with E-state index in [0.29, 0.717) is 16.4 Å². The molecule has 2 rings (SSSR count). The molecule has 0 spiro atoms. The smallest absolute Gasteiger partial charge is 0.0751 e. The molecule has 1 aromatic carbocycles. The maximum absolute atomic E-state index is 8.73. The predicted molar refractivity (Wildman–Crippen MR) is 95.6 cm³/mol. The number of thioether (sulfide) groups is 2. The van der Waals surface area contributed by atoms with Gasteiger partial charge in [0.2, 0.25) is 0 Å². The average Bonchev–Trinajstić information content (AvgIpc) is 2.48. The van der Waals surface area contributed by atoms with E-state index in [2.05, 4.69) is 80.4 Å². The molecule has 1 heterocycles. The molecule has 1 aromatic rings. The number of aliphatic hydroxyl groups excluding tert-OH is 1. The summed E-state index contributed by atoms with van der Waals surface area (Å²) < 4.78 is 0.558. The molecule has 0 saturated carbocycles. The lowest BCUT2D eigenvalue weighted by Crippen LogP contribution is -2.27. The zero-order valence-corrected chi connectivity index (χ0v) is 14.7. The zero-order chi connectivity index (χ0) is 15.3. The van der Waals surface area contributed by atoms with E-state index in [1.807, 2.05) is 0 Å². The topological polar surface area (TPSA) is 20.2 Å². The highest BCUT2D eigenvalue weighted by Gasteiger charge is 2.31. The largest absolute Gasteiger partial charge is 0.395 e. The minimum atomic E-state index is 0.134. The van der Waals surface area contributed by atoms with Crippen molar-refractivity contribution in [3.05, 3.63) is 35.4 Å². The van der Waals surface area contributed by atoms with Crippen LogP contribution in [0.2, 0.25) is 0 Å². The minimum Gasteiger partial charge on any atom is -0.395 e. The Morgan fingerprint density at radius 3 is 2.29 bits per heavy atom. The van der Waals surface area contributed by atoms with Crippen LogP contribution in [0.15, 0.2) is 24.3 Å². The summed E-state index contributed by atoms with van der Waals surface area (Å²) in [4.78, 5) is 0. The SMILES string of the molecule is CC(C)(C)C1CSC(c2ccc(C#CCCO)cc2)SC1. The van der Waals surface area contributed by atoms with Crippen LogP contribution in [0.5, 0.6) is 0 Å². The highest BCUT2D eigenvalue weighted by molar-refractivity contribution is 8.16. The third kappa shape index (κ3) is 4.98. The maximum atomic E-state index is 8.73. The summed E-state index contributed by atoms with van der Waals surface area (Å²) >= 11 is 4.14. The highest BCUT2D eigenvalue weighted by Crippen LogP contribution is 2.49. The summed E-state index contributed by atoms with van der Waals surface area (Å²) in [7, 11) is 0. The van der Waals surface area contributed by atoms with Crippen LogP contribution in [0.1, 0.15) is 42.9 Å². The van der Waals surface area contributed by atoms with Gasteiger partial charge in [-0.2, -0.15) is 0 Å². The molecule has 1 nitrogen and oxygen atoms in total. The van der Waals surface area contributed by atoms with Crippen molar-refractivity contribution in [2.45, 2.75) is 31.8 Å². The van der Waals surface area contributed by atoms with Crippen molar-refractivity contribution in [2.75, 3.05) is 18.1 Å². The van der Waals surface area contributed by atoms with Crippen LogP contribution < -0.4 is 0 Å². The second kappa shape index (κ2) is 7.63. The first-order valence-corrected chi connectivity index (χ1v) is 9.53. The number of benzene rings is 1. The molecule has 1 aliphatic heterocycles. The molecule has 0 aromatic heterocycles. The summed E-state index contributed by atoms with van der Waals surface area (Å²) in [6.45, 7) is 7.17. The van der Waals surface area contributed by atoms with Crippen molar-refractivity contribution in [1.82, 2.24) is 0 Å². The first kappa shape index (κ1) is 16.8. The molecule has 1 aliphatic rings. The van der Waals surface area contributed by atoms with Gasteiger partial charge in [0.15, 0.2) is 0 Å². The summed E-state index contributed by atoms with van der Waals surface area (Å²) in [6, 6.07) is 8.59. The normalized spacial score (nSPS) is 22.5. The molecule has 1 N–H and O–H groups in total. The molecular weight excluding hydrogens is 296 g/mol. The van der Waals surface area contributed by atoms with Crippen molar-refractivity contribution in [3.63, 3.8) is 0 Å². The lowest BCUT2D eigenvalue weighted by Gasteiger charge is -2.36. The van der Waals surface area contributed by atoms with Gasteiger partial charge in [0.05, 0.1) is 11.2 Å². The predicted octanol–water partition coefficient (Wildman–Crippen LogP) is 4.56. The van der Waals surface area contributed by atoms with Crippen LogP contribution in [0.3, 0.4) is 0 Å². The van der Waals surface area contributed by atoms with E-state index in [1.165, 1.54) is 17.1 Å². The Labute approximate surface area is 137 Å². The number of hydrogen-bond donors (Lipinski definition) is 1. The fourth-order valence-electron chi connectivity index (χ4n) is 2.14. The second-order valence-electron chi connectivity index (χ2n) is 6.46. The van der Waals surface area contributed by atoms with Crippen molar-refractivity contribution >= 4 is 23.5 Å². The van der Waals surface area contributed by atoms with Gasteiger partial charge in [0, 0.05) is 12.0 Å². The molecule has 0 unspecified atom stereocenters. The highest BCUT2D eigenvalue weighted by atomic mass is 32.2. The monoisotopic (exact) mass is 320 g/mol. The lowest BCUT2D eigenvalue weighted by molar-refractivity contribution is 0.292. The van der Waals surface area contributed by atoms with E-state index in [4.69, 9.17) is 5.11 Å². The molecule has 0 radical (unpaired) electrons. The minimum absolute atomic E-state index is 0.134. The fourth-order valence-corrected chi connectivity index (χ4v) is 5.89. The van der Waals surface area contributed by atoms with Crippen molar-refractivity contribution in [3.8, 4) is 11.8 Å². The zero-order valence-electron chi connectivity index (χ0n) is 13.1. The maximum Gasteiger partial charge on any atom is 0.0751 e. The first-order valence-electron chi connectivity index (χ1n) is 7.43. The summed E-state index contributed by atoms with van der Waals surface area (Å²) in [5.74, 6) is 9.34. The van der Waals surface area contributed by atoms with Gasteiger partial charge in [-0.3, -0.25) is 0 Å². The molecule has 1 saturated heterocycles. The lowest BCUT2D eigenvalue weighted by atomic mass is 9.83. The fraction of sp³-hybridized carbons (Fsp3) is 0.556. The third-order valence-electron chi connectivity index (χ3n) is 3.77. The first-order chi connectivity index (χ1) is 10.0. The second-order valence-corrected chi connectivity index (χ2v) is 9.03. The van der Waals surface area contributed by atoms with Gasteiger partial charge in [-0.1, -0.05) is 44.7 Å². The Morgan fingerprint density at radius 2 is 1.76 bits per heavy atom. The number of hydrogen-bond acceptors (Lipinski definition) is 3. The van der Waals surface area contributed by atoms with Crippen LogP contribution >= 0.6 is 23.5 Å². The van der Waals surface area contributed by atoms with Gasteiger partial charge in [0.25, 0.3) is 0 Å². The summed E-state index contributed by atoms with van der Waals surface area (Å²) in [5.41, 5.74) is 2.84. The van der Waals surface area contributed by atoms with E-state index in [-0.39, 0.29) is 6.61 Å². The van der Waals surface area contributed by atoms with Gasteiger partial charge < -0.3 is 5.11 Å². The average molecular weight is 321 g/mol. The molecule has 0 aliphatic carbocycles. The van der Waals surface area contributed by atoms with Crippen molar-refractivity contribution in [2.24, 2.45) is 11.3 Å². The molecule has 21 heavy (non-hydrogen) atoms. The number of aliphatic hydroxyl groups is 1. The third-order valence-corrected chi connectivity index (χ3v) is 6.93.